The third-order valence-electron chi connectivity index (χ3n) is 7.79. The topological polar surface area (TPSA) is 122 Å². The highest BCUT2D eigenvalue weighted by Gasteiger charge is 2.28. The molecular weight excluding hydrogens is 568 g/mol. The van der Waals surface area contributed by atoms with E-state index in [1.807, 2.05) is 84.0 Å². The Morgan fingerprint density at radius 1 is 1.07 bits per heavy atom. The molecule has 1 aliphatic heterocycles. The maximum Gasteiger partial charge on any atom is 0.410 e. The normalized spacial score (nSPS) is 16.0. The zero-order valence-electron chi connectivity index (χ0n) is 27.0. The van der Waals surface area contributed by atoms with Gasteiger partial charge in [-0.25, -0.2) is 19.7 Å². The number of anilines is 2. The summed E-state index contributed by atoms with van der Waals surface area (Å²) in [5, 5.41) is 19.1. The van der Waals surface area contributed by atoms with E-state index in [0.717, 1.165) is 40.4 Å². The Morgan fingerprint density at radius 3 is 2.67 bits per heavy atom. The lowest BCUT2D eigenvalue weighted by molar-refractivity contribution is 0.0206. The van der Waals surface area contributed by atoms with Crippen LogP contribution in [-0.4, -0.2) is 68.4 Å². The third-order valence-corrected chi connectivity index (χ3v) is 7.79. The predicted octanol–water partition coefficient (Wildman–Crippen LogP) is 7.03. The zero-order chi connectivity index (χ0) is 32.1. The average molecular weight is 613 g/mol. The fourth-order valence-electron chi connectivity index (χ4n) is 5.29. The Hall–Kier alpha value is -4.44. The Labute approximate surface area is 265 Å². The number of hydrogen-bond donors (Lipinski definition) is 3. The number of likely N-dealkylation sites (tertiary alicyclic amines) is 1. The number of pyridine rings is 1. The maximum absolute atomic E-state index is 12.7. The molecule has 1 saturated heterocycles. The minimum atomic E-state index is -0.542. The Bertz CT molecular complexity index is 1640. The monoisotopic (exact) mass is 612 g/mol. The largest absolute Gasteiger partial charge is 0.444 e. The molecule has 0 radical (unpaired) electrons. The van der Waals surface area contributed by atoms with Gasteiger partial charge in [0.1, 0.15) is 11.4 Å². The zero-order valence-corrected chi connectivity index (χ0v) is 27.0. The number of aryl methyl sites for hydroxylation is 1. The first-order valence-electron chi connectivity index (χ1n) is 15.6. The van der Waals surface area contributed by atoms with Crippen molar-refractivity contribution < 1.29 is 19.4 Å². The first kappa shape index (κ1) is 32.0. The molecular formula is C35H44N6O4. The van der Waals surface area contributed by atoms with E-state index in [0.29, 0.717) is 42.9 Å². The van der Waals surface area contributed by atoms with Crippen LogP contribution in [-0.2, 0) is 4.74 Å². The molecule has 2 aromatic heterocycles. The summed E-state index contributed by atoms with van der Waals surface area (Å²) in [5.74, 6) is 1.76. The quantitative estimate of drug-likeness (QED) is 0.183. The van der Waals surface area contributed by atoms with Crippen molar-refractivity contribution in [3.8, 4) is 22.9 Å². The van der Waals surface area contributed by atoms with E-state index in [1.54, 1.807) is 17.3 Å². The molecule has 0 bridgehead atoms. The molecule has 1 aliphatic rings. The van der Waals surface area contributed by atoms with Crippen LogP contribution in [0.1, 0.15) is 53.0 Å². The second-order valence-corrected chi connectivity index (χ2v) is 12.9. The Morgan fingerprint density at radius 2 is 1.89 bits per heavy atom. The van der Waals surface area contributed by atoms with E-state index < -0.39 is 11.7 Å². The number of amides is 1. The van der Waals surface area contributed by atoms with Crippen LogP contribution in [0.3, 0.4) is 0 Å². The van der Waals surface area contributed by atoms with Gasteiger partial charge in [0.25, 0.3) is 0 Å². The van der Waals surface area contributed by atoms with Crippen LogP contribution < -0.4 is 15.4 Å². The minimum absolute atomic E-state index is 0.00562. The number of benzene rings is 2. The molecule has 1 amide bonds. The number of carbonyl (C=O) groups is 1. The molecule has 0 aliphatic carbocycles. The van der Waals surface area contributed by atoms with Crippen molar-refractivity contribution in [1.29, 1.82) is 0 Å². The number of aromatic nitrogens is 3. The van der Waals surface area contributed by atoms with E-state index in [9.17, 15) is 9.90 Å². The van der Waals surface area contributed by atoms with E-state index in [-0.39, 0.29) is 18.1 Å². The molecule has 1 fully saturated rings. The highest BCUT2D eigenvalue weighted by atomic mass is 16.6. The number of fused-ring (bicyclic) bond motifs is 1. The van der Waals surface area contributed by atoms with Crippen molar-refractivity contribution in [1.82, 2.24) is 19.9 Å². The van der Waals surface area contributed by atoms with E-state index in [1.165, 1.54) is 0 Å². The number of piperidine rings is 1. The highest BCUT2D eigenvalue weighted by molar-refractivity contribution is 5.98. The minimum Gasteiger partial charge on any atom is -0.444 e. The van der Waals surface area contributed by atoms with Crippen LogP contribution in [0.5, 0.6) is 11.6 Å². The SMILES string of the molecule is Cc1ccc2c(NCC(O)C(C)C)cccc2c1Oc1ncccc1-c1ccnc(NC2CCCN(C(=O)OC(C)(C)C)C2)n1. The van der Waals surface area contributed by atoms with Gasteiger partial charge < -0.3 is 30.1 Å². The second kappa shape index (κ2) is 13.7. The van der Waals surface area contributed by atoms with Gasteiger partial charge >= 0.3 is 6.09 Å². The summed E-state index contributed by atoms with van der Waals surface area (Å²) in [6.45, 7) is 13.3. The number of rotatable bonds is 9. The van der Waals surface area contributed by atoms with Crippen LogP contribution >= 0.6 is 0 Å². The number of carbonyl (C=O) groups excluding carboxylic acids is 1. The standard InChI is InChI=1S/C35H44N6O4/c1-22(2)30(42)20-38-28-13-7-11-26-25(28)15-14-23(3)31(26)44-32-27(12-8-17-36-32)29-16-18-37-33(40-29)39-24-10-9-19-41(21-24)34(43)45-35(4,5)6/h7-8,11-18,22,24,30,38,42H,9-10,19-21H2,1-6H3,(H,37,39,40). The highest BCUT2D eigenvalue weighted by Crippen LogP contribution is 2.38. The molecule has 2 atom stereocenters. The van der Waals surface area contributed by atoms with E-state index >= 15 is 0 Å². The van der Waals surface area contributed by atoms with Crippen molar-refractivity contribution in [2.75, 3.05) is 30.3 Å². The van der Waals surface area contributed by atoms with Gasteiger partial charge in [-0.2, -0.15) is 0 Å². The summed E-state index contributed by atoms with van der Waals surface area (Å²) < 4.78 is 12.1. The first-order chi connectivity index (χ1) is 21.5. The van der Waals surface area contributed by atoms with Gasteiger partial charge in [-0.15, -0.1) is 0 Å². The number of aliphatic hydroxyl groups excluding tert-OH is 1. The third kappa shape index (κ3) is 7.99. The van der Waals surface area contributed by atoms with Crippen molar-refractivity contribution in [3.05, 3.63) is 66.5 Å². The van der Waals surface area contributed by atoms with Crippen molar-refractivity contribution in [3.63, 3.8) is 0 Å². The molecule has 5 rings (SSSR count). The lowest BCUT2D eigenvalue weighted by Crippen LogP contribution is -2.47. The molecule has 238 valence electrons. The molecule has 45 heavy (non-hydrogen) atoms. The van der Waals surface area contributed by atoms with Crippen molar-refractivity contribution >= 4 is 28.5 Å². The summed E-state index contributed by atoms with van der Waals surface area (Å²) >= 11 is 0. The summed E-state index contributed by atoms with van der Waals surface area (Å²) in [7, 11) is 0. The van der Waals surface area contributed by atoms with Crippen LogP contribution in [0.15, 0.2) is 60.9 Å². The maximum atomic E-state index is 12.7. The average Bonchev–Trinajstić information content (AvgIpc) is 3.00. The molecule has 3 N–H and O–H groups in total. The lowest BCUT2D eigenvalue weighted by Gasteiger charge is -2.34. The number of nitrogens with zero attached hydrogens (tertiary/aromatic N) is 4. The molecule has 2 unspecified atom stereocenters. The number of nitrogens with one attached hydrogen (secondary N) is 2. The number of hydrogen-bond acceptors (Lipinski definition) is 9. The summed E-state index contributed by atoms with van der Waals surface area (Å²) in [4.78, 5) is 28.3. The van der Waals surface area contributed by atoms with Crippen LogP contribution in [0, 0.1) is 12.8 Å². The van der Waals surface area contributed by atoms with Crippen molar-refractivity contribution in [2.24, 2.45) is 5.92 Å². The Kier molecular flexibility index (Phi) is 9.72. The summed E-state index contributed by atoms with van der Waals surface area (Å²) in [6.07, 6.45) is 4.40. The van der Waals surface area contributed by atoms with E-state index in [4.69, 9.17) is 14.5 Å². The number of ether oxygens (including phenoxy) is 2. The smallest absolute Gasteiger partial charge is 0.410 e. The van der Waals surface area contributed by atoms with Gasteiger partial charge in [-0.1, -0.05) is 38.1 Å². The fourth-order valence-corrected chi connectivity index (χ4v) is 5.29. The van der Waals surface area contributed by atoms with Gasteiger partial charge in [0.05, 0.1) is 17.4 Å². The molecule has 3 heterocycles. The summed E-state index contributed by atoms with van der Waals surface area (Å²) in [6, 6.07) is 15.7. The van der Waals surface area contributed by atoms with Crippen LogP contribution in [0.2, 0.25) is 0 Å². The molecule has 2 aromatic carbocycles. The van der Waals surface area contributed by atoms with Crippen LogP contribution in [0.25, 0.3) is 22.0 Å². The van der Waals surface area contributed by atoms with Gasteiger partial charge in [-0.05, 0) is 76.3 Å². The van der Waals surface area contributed by atoms with Gasteiger partial charge in [0.15, 0.2) is 0 Å². The fraction of sp³-hybridized carbons (Fsp3) is 0.429. The first-order valence-corrected chi connectivity index (χ1v) is 15.6. The molecule has 10 nitrogen and oxygen atoms in total. The second-order valence-electron chi connectivity index (χ2n) is 12.9. The van der Waals surface area contributed by atoms with E-state index in [2.05, 4.69) is 26.7 Å². The Balaban J connectivity index is 1.37. The van der Waals surface area contributed by atoms with Gasteiger partial charge in [-0.3, -0.25) is 0 Å². The number of aliphatic hydroxyl groups is 1. The van der Waals surface area contributed by atoms with Gasteiger partial charge in [0.2, 0.25) is 11.8 Å². The summed E-state index contributed by atoms with van der Waals surface area (Å²) in [5.41, 5.74) is 2.75. The molecule has 4 aromatic rings. The molecule has 10 heteroatoms. The van der Waals surface area contributed by atoms with Crippen molar-refractivity contribution in [2.45, 2.75) is 72.1 Å². The molecule has 0 spiro atoms. The van der Waals surface area contributed by atoms with Gasteiger partial charge in [0, 0.05) is 54.5 Å². The predicted molar refractivity (Wildman–Crippen MR) is 178 cm³/mol. The van der Waals surface area contributed by atoms with Crippen LogP contribution in [0.4, 0.5) is 16.4 Å². The lowest BCUT2D eigenvalue weighted by atomic mass is 10.0. The molecule has 0 saturated carbocycles.